The van der Waals surface area contributed by atoms with Gasteiger partial charge >= 0.3 is 12.1 Å². The number of likely N-dealkylation sites (N-methyl/N-ethyl adjacent to an activating group) is 1. The minimum absolute atomic E-state index is 0.260. The molecule has 0 fully saturated rings. The molecule has 0 spiro atoms. The lowest BCUT2D eigenvalue weighted by Crippen LogP contribution is -2.40. The number of phenols is 1. The number of sulfonamides is 1. The van der Waals surface area contributed by atoms with Gasteiger partial charge in [-0.3, -0.25) is 4.79 Å². The van der Waals surface area contributed by atoms with Gasteiger partial charge in [-0.2, -0.15) is 17.5 Å². The number of hydrogen-bond donors (Lipinski definition) is 2. The van der Waals surface area contributed by atoms with E-state index in [4.69, 9.17) is 5.11 Å². The topological polar surface area (TPSA) is 94.9 Å². The number of aliphatic carboxylic acids is 1. The van der Waals surface area contributed by atoms with Crippen LogP contribution in [0.5, 0.6) is 5.75 Å². The van der Waals surface area contributed by atoms with E-state index in [1.165, 1.54) is 0 Å². The number of halogens is 3. The zero-order valence-corrected chi connectivity index (χ0v) is 11.7. The van der Waals surface area contributed by atoms with Crippen LogP contribution >= 0.6 is 0 Å². The summed E-state index contributed by atoms with van der Waals surface area (Å²) in [6.07, 6.45) is -4.80. The molecule has 118 valence electrons. The number of aromatic hydroxyl groups is 1. The lowest BCUT2D eigenvalue weighted by molar-refractivity contribution is -0.140. The summed E-state index contributed by atoms with van der Waals surface area (Å²) in [4.78, 5) is 9.77. The molecule has 6 nitrogen and oxygen atoms in total. The predicted octanol–water partition coefficient (Wildman–Crippen LogP) is 1.50. The fourth-order valence-corrected chi connectivity index (χ4v) is 2.84. The largest absolute Gasteiger partial charge is 0.507 e. The van der Waals surface area contributed by atoms with Crippen LogP contribution in [0.1, 0.15) is 12.5 Å². The van der Waals surface area contributed by atoms with Gasteiger partial charge in [-0.1, -0.05) is 0 Å². The van der Waals surface area contributed by atoms with E-state index >= 15 is 0 Å². The Balaban J connectivity index is 3.41. The third-order valence-corrected chi connectivity index (χ3v) is 4.80. The van der Waals surface area contributed by atoms with Gasteiger partial charge in [-0.05, 0) is 25.1 Å². The summed E-state index contributed by atoms with van der Waals surface area (Å²) in [5.41, 5.74) is -1.27. The van der Waals surface area contributed by atoms with Gasteiger partial charge in [-0.25, -0.2) is 8.42 Å². The van der Waals surface area contributed by atoms with E-state index < -0.39 is 44.4 Å². The number of carboxylic acid groups (broad SMARTS) is 1. The third-order valence-electron chi connectivity index (χ3n) is 2.85. The van der Waals surface area contributed by atoms with Crippen molar-refractivity contribution in [1.29, 1.82) is 0 Å². The minimum atomic E-state index is -4.80. The number of nitrogens with zero attached hydrogens (tertiary/aromatic N) is 1. The molecule has 0 aromatic heterocycles. The van der Waals surface area contributed by atoms with Crippen molar-refractivity contribution in [3.8, 4) is 5.75 Å². The fraction of sp³-hybridized carbons (Fsp3) is 0.364. The number of phenolic OH excluding ortho intramolecular Hbond substituents is 1. The van der Waals surface area contributed by atoms with E-state index in [1.807, 2.05) is 0 Å². The summed E-state index contributed by atoms with van der Waals surface area (Å²) in [7, 11) is -3.70. The molecule has 0 aliphatic heterocycles. The van der Waals surface area contributed by atoms with E-state index in [2.05, 4.69) is 0 Å². The Hall–Kier alpha value is -1.81. The Morgan fingerprint density at radius 1 is 1.33 bits per heavy atom. The molecule has 1 aromatic carbocycles. The zero-order valence-electron chi connectivity index (χ0n) is 10.9. The molecule has 1 rings (SSSR count). The van der Waals surface area contributed by atoms with E-state index in [0.717, 1.165) is 14.0 Å². The summed E-state index contributed by atoms with van der Waals surface area (Å²) in [6, 6.07) is -0.136. The molecule has 0 radical (unpaired) electrons. The van der Waals surface area contributed by atoms with Crippen molar-refractivity contribution in [3.05, 3.63) is 23.8 Å². The predicted molar refractivity (Wildman–Crippen MR) is 65.2 cm³/mol. The average molecular weight is 327 g/mol. The van der Waals surface area contributed by atoms with Gasteiger partial charge in [0.1, 0.15) is 16.7 Å². The minimum Gasteiger partial charge on any atom is -0.507 e. The van der Waals surface area contributed by atoms with Crippen molar-refractivity contribution in [2.75, 3.05) is 7.05 Å². The molecule has 1 unspecified atom stereocenters. The van der Waals surface area contributed by atoms with Crippen molar-refractivity contribution in [3.63, 3.8) is 0 Å². The molecule has 21 heavy (non-hydrogen) atoms. The van der Waals surface area contributed by atoms with Crippen molar-refractivity contribution in [2.24, 2.45) is 0 Å². The standard InChI is InChI=1S/C11H12F3NO5S/c1-6(10(17)18)15(2)21(19,20)9-5-7(11(12,13)14)3-4-8(9)16/h3-6,16H,1-2H3,(H,17,18). The van der Waals surface area contributed by atoms with Gasteiger partial charge in [0.05, 0.1) is 5.56 Å². The molecular formula is C11H12F3NO5S. The van der Waals surface area contributed by atoms with Crippen LogP contribution in [0.4, 0.5) is 13.2 Å². The maximum atomic E-state index is 12.6. The summed E-state index contributed by atoms with van der Waals surface area (Å²) in [6.45, 7) is 1.05. The molecule has 0 aliphatic rings. The highest BCUT2D eigenvalue weighted by molar-refractivity contribution is 7.89. The molecule has 0 bridgehead atoms. The van der Waals surface area contributed by atoms with E-state index in [1.54, 1.807) is 0 Å². The number of benzene rings is 1. The van der Waals surface area contributed by atoms with Crippen LogP contribution in [-0.4, -0.2) is 42.0 Å². The number of carboxylic acids is 1. The lowest BCUT2D eigenvalue weighted by Gasteiger charge is -2.22. The smallest absolute Gasteiger partial charge is 0.416 e. The van der Waals surface area contributed by atoms with Crippen LogP contribution in [-0.2, 0) is 21.0 Å². The Kier molecular flexibility index (Phi) is 4.54. The van der Waals surface area contributed by atoms with Gasteiger partial charge in [0.2, 0.25) is 10.0 Å². The average Bonchev–Trinajstić information content (AvgIpc) is 2.35. The first kappa shape index (κ1) is 17.2. The van der Waals surface area contributed by atoms with Crippen molar-refractivity contribution >= 4 is 16.0 Å². The van der Waals surface area contributed by atoms with Crippen LogP contribution in [0.3, 0.4) is 0 Å². The SMILES string of the molecule is CC(C(=O)O)N(C)S(=O)(=O)c1cc(C(F)(F)F)ccc1O. The second kappa shape index (κ2) is 5.53. The molecule has 0 saturated carbocycles. The van der Waals surface area contributed by atoms with Crippen LogP contribution < -0.4 is 0 Å². The van der Waals surface area contributed by atoms with Crippen LogP contribution in [0.2, 0.25) is 0 Å². The second-order valence-corrected chi connectivity index (χ2v) is 6.18. The Morgan fingerprint density at radius 3 is 2.29 bits per heavy atom. The number of alkyl halides is 3. The Bertz CT molecular complexity index is 656. The molecule has 0 saturated heterocycles. The van der Waals surface area contributed by atoms with Gasteiger partial charge in [0.15, 0.2) is 0 Å². The maximum absolute atomic E-state index is 12.6. The van der Waals surface area contributed by atoms with E-state index in [0.29, 0.717) is 16.4 Å². The summed E-state index contributed by atoms with van der Waals surface area (Å²) < 4.78 is 62.4. The highest BCUT2D eigenvalue weighted by Crippen LogP contribution is 2.35. The fourth-order valence-electron chi connectivity index (χ4n) is 1.42. The molecule has 0 aliphatic carbocycles. The second-order valence-electron chi connectivity index (χ2n) is 4.22. The van der Waals surface area contributed by atoms with Gasteiger partial charge in [0, 0.05) is 7.05 Å². The molecule has 2 N–H and O–H groups in total. The van der Waals surface area contributed by atoms with Crippen molar-refractivity contribution in [2.45, 2.75) is 24.0 Å². The zero-order chi connectivity index (χ0) is 16.6. The molecule has 0 heterocycles. The van der Waals surface area contributed by atoms with Crippen LogP contribution in [0.25, 0.3) is 0 Å². The molecule has 1 aromatic rings. The van der Waals surface area contributed by atoms with Gasteiger partial charge in [-0.15, -0.1) is 0 Å². The summed E-state index contributed by atoms with van der Waals surface area (Å²) in [5, 5.41) is 18.3. The number of carbonyl (C=O) groups is 1. The highest BCUT2D eigenvalue weighted by Gasteiger charge is 2.36. The highest BCUT2D eigenvalue weighted by atomic mass is 32.2. The van der Waals surface area contributed by atoms with Gasteiger partial charge < -0.3 is 10.2 Å². The molecule has 0 amide bonds. The maximum Gasteiger partial charge on any atom is 0.416 e. The molecule has 1 atom stereocenters. The summed E-state index contributed by atoms with van der Waals surface area (Å²) >= 11 is 0. The first-order chi connectivity index (χ1) is 9.39. The number of hydrogen-bond acceptors (Lipinski definition) is 4. The normalized spacial score (nSPS) is 14.2. The van der Waals surface area contributed by atoms with E-state index in [9.17, 15) is 31.5 Å². The summed E-state index contributed by atoms with van der Waals surface area (Å²) in [5.74, 6) is -2.38. The van der Waals surface area contributed by atoms with Crippen LogP contribution in [0.15, 0.2) is 23.1 Å². The number of rotatable bonds is 4. The van der Waals surface area contributed by atoms with E-state index in [-0.39, 0.29) is 6.07 Å². The van der Waals surface area contributed by atoms with Crippen LogP contribution in [0, 0.1) is 0 Å². The van der Waals surface area contributed by atoms with Gasteiger partial charge in [0.25, 0.3) is 0 Å². The Morgan fingerprint density at radius 2 is 1.86 bits per heavy atom. The lowest BCUT2D eigenvalue weighted by atomic mass is 10.2. The van der Waals surface area contributed by atoms with Crippen molar-refractivity contribution < 1.29 is 36.6 Å². The first-order valence-corrected chi connectivity index (χ1v) is 6.94. The first-order valence-electron chi connectivity index (χ1n) is 5.50. The molecule has 10 heteroatoms. The monoisotopic (exact) mass is 327 g/mol. The third kappa shape index (κ3) is 3.45. The Labute approximate surface area is 118 Å². The van der Waals surface area contributed by atoms with Crippen molar-refractivity contribution in [1.82, 2.24) is 4.31 Å². The quantitative estimate of drug-likeness (QED) is 0.874. The molecular weight excluding hydrogens is 315 g/mol.